The molecule has 0 spiro atoms. The van der Waals surface area contributed by atoms with Gasteiger partial charge in [-0.1, -0.05) is 19.3 Å². The van der Waals surface area contributed by atoms with E-state index in [4.69, 9.17) is 20.1 Å². The Bertz CT molecular complexity index is 116. The summed E-state index contributed by atoms with van der Waals surface area (Å²) in [5.41, 5.74) is 0. The van der Waals surface area contributed by atoms with Gasteiger partial charge in [-0.3, -0.25) is 0 Å². The van der Waals surface area contributed by atoms with Crippen molar-refractivity contribution in [2.45, 2.75) is 30.9 Å². The molecular weight excluding hydrogens is 146 g/mol. The van der Waals surface area contributed by atoms with Crippen LogP contribution in [0.3, 0.4) is 0 Å². The van der Waals surface area contributed by atoms with Gasteiger partial charge in [-0.05, 0) is 11.6 Å². The van der Waals surface area contributed by atoms with Crippen LogP contribution in [0.2, 0.25) is 11.6 Å². The lowest BCUT2D eigenvalue weighted by atomic mass is 9.55. The second kappa shape index (κ2) is 3.58. The van der Waals surface area contributed by atoms with Crippen molar-refractivity contribution in [3.05, 3.63) is 0 Å². The molecule has 0 unspecified atom stereocenters. The fourth-order valence-corrected chi connectivity index (χ4v) is 1.76. The molecule has 11 heavy (non-hydrogen) atoms. The average Bonchev–Trinajstić information content (AvgIpc) is 2.32. The summed E-state index contributed by atoms with van der Waals surface area (Å²) in [6.07, 6.45) is 2.17. The maximum absolute atomic E-state index is 8.80. The summed E-state index contributed by atoms with van der Waals surface area (Å²) in [7, 11) is -2.83. The molecule has 1 saturated carbocycles. The molecule has 0 aliphatic heterocycles. The monoisotopic (exact) mass is 158 g/mol. The van der Waals surface area contributed by atoms with E-state index in [0.717, 1.165) is 6.42 Å². The molecule has 1 fully saturated rings. The SMILES string of the molecule is OB(O)[C@H]1CCC[C@H]1B(O)O. The van der Waals surface area contributed by atoms with Gasteiger partial charge in [0.15, 0.2) is 0 Å². The van der Waals surface area contributed by atoms with E-state index in [9.17, 15) is 0 Å². The van der Waals surface area contributed by atoms with Gasteiger partial charge in [-0.25, -0.2) is 0 Å². The Morgan fingerprint density at radius 2 is 1.18 bits per heavy atom. The zero-order valence-electron chi connectivity index (χ0n) is 6.22. The molecule has 0 aromatic heterocycles. The first kappa shape index (κ1) is 9.06. The van der Waals surface area contributed by atoms with Gasteiger partial charge in [-0.15, -0.1) is 0 Å². The number of hydrogen-bond donors (Lipinski definition) is 4. The number of rotatable bonds is 2. The lowest BCUT2D eigenvalue weighted by Gasteiger charge is -2.16. The van der Waals surface area contributed by atoms with E-state index in [1.54, 1.807) is 0 Å². The molecular formula is C5H12B2O4. The molecule has 0 radical (unpaired) electrons. The van der Waals surface area contributed by atoms with Crippen molar-refractivity contribution >= 4 is 14.2 Å². The summed E-state index contributed by atoms with van der Waals surface area (Å²) in [5, 5.41) is 35.2. The van der Waals surface area contributed by atoms with Crippen LogP contribution in [0.4, 0.5) is 0 Å². The third-order valence-corrected chi connectivity index (χ3v) is 2.39. The predicted molar refractivity (Wildman–Crippen MR) is 41.7 cm³/mol. The Morgan fingerprint density at radius 1 is 0.818 bits per heavy atom. The van der Waals surface area contributed by atoms with E-state index < -0.39 is 14.2 Å². The summed E-state index contributed by atoms with van der Waals surface area (Å²) >= 11 is 0. The molecule has 0 aromatic carbocycles. The second-order valence-corrected chi connectivity index (χ2v) is 3.09. The molecule has 1 rings (SSSR count). The van der Waals surface area contributed by atoms with Gasteiger partial charge < -0.3 is 20.1 Å². The third kappa shape index (κ3) is 1.96. The molecule has 6 heteroatoms. The second-order valence-electron chi connectivity index (χ2n) is 3.09. The van der Waals surface area contributed by atoms with Crippen LogP contribution >= 0.6 is 0 Å². The lowest BCUT2D eigenvalue weighted by Crippen LogP contribution is -2.29. The fourth-order valence-electron chi connectivity index (χ4n) is 1.76. The van der Waals surface area contributed by atoms with Crippen LogP contribution in [0.5, 0.6) is 0 Å². The van der Waals surface area contributed by atoms with Crippen molar-refractivity contribution in [1.82, 2.24) is 0 Å². The van der Waals surface area contributed by atoms with Gasteiger partial charge in [0.05, 0.1) is 0 Å². The Balaban J connectivity index is 2.51. The minimum absolute atomic E-state index is 0.366. The van der Waals surface area contributed by atoms with Crippen LogP contribution < -0.4 is 0 Å². The Morgan fingerprint density at radius 3 is 1.45 bits per heavy atom. The maximum Gasteiger partial charge on any atom is 0.454 e. The van der Waals surface area contributed by atoms with E-state index in [1.165, 1.54) is 0 Å². The molecule has 0 heterocycles. The maximum atomic E-state index is 8.80. The first-order valence-electron chi connectivity index (χ1n) is 3.85. The first-order chi connectivity index (χ1) is 5.13. The highest BCUT2D eigenvalue weighted by atomic mass is 16.4. The average molecular weight is 158 g/mol. The van der Waals surface area contributed by atoms with E-state index in [0.29, 0.717) is 12.8 Å². The van der Waals surface area contributed by atoms with Crippen LogP contribution in [0.15, 0.2) is 0 Å². The molecule has 4 nitrogen and oxygen atoms in total. The van der Waals surface area contributed by atoms with E-state index in [2.05, 4.69) is 0 Å². The molecule has 62 valence electrons. The van der Waals surface area contributed by atoms with Crippen molar-refractivity contribution in [1.29, 1.82) is 0 Å². The van der Waals surface area contributed by atoms with Crippen molar-refractivity contribution in [3.8, 4) is 0 Å². The quantitative estimate of drug-likeness (QED) is 0.382. The van der Waals surface area contributed by atoms with Crippen LogP contribution in [0, 0.1) is 0 Å². The third-order valence-electron chi connectivity index (χ3n) is 2.39. The molecule has 1 aliphatic rings. The minimum Gasteiger partial charge on any atom is -0.427 e. The number of hydrogen-bond acceptors (Lipinski definition) is 4. The molecule has 0 aromatic rings. The van der Waals surface area contributed by atoms with Crippen molar-refractivity contribution in [2.75, 3.05) is 0 Å². The van der Waals surface area contributed by atoms with Gasteiger partial charge in [0.2, 0.25) is 0 Å². The molecule has 0 amide bonds. The molecule has 1 aliphatic carbocycles. The van der Waals surface area contributed by atoms with Crippen molar-refractivity contribution < 1.29 is 20.1 Å². The highest BCUT2D eigenvalue weighted by molar-refractivity contribution is 6.51. The van der Waals surface area contributed by atoms with Crippen LogP contribution in [0.1, 0.15) is 19.3 Å². The van der Waals surface area contributed by atoms with Crippen molar-refractivity contribution in [3.63, 3.8) is 0 Å². The largest absolute Gasteiger partial charge is 0.454 e. The van der Waals surface area contributed by atoms with Gasteiger partial charge in [0.25, 0.3) is 0 Å². The predicted octanol–water partition coefficient (Wildman–Crippen LogP) is -1.14. The Kier molecular flexibility index (Phi) is 2.95. The Hall–Kier alpha value is -0.0301. The summed E-state index contributed by atoms with van der Waals surface area (Å²) in [6.45, 7) is 0. The standard InChI is InChI=1S/C5H12B2O4/c8-6(9)4-2-1-3-5(4)7(10)11/h4-5,8-11H,1-3H2/t4-,5+. The molecule has 0 bridgehead atoms. The van der Waals surface area contributed by atoms with Crippen LogP contribution in [-0.2, 0) is 0 Å². The van der Waals surface area contributed by atoms with Gasteiger partial charge in [-0.2, -0.15) is 0 Å². The molecule has 4 N–H and O–H groups in total. The van der Waals surface area contributed by atoms with Gasteiger partial charge in [0, 0.05) is 0 Å². The normalized spacial score (nSPS) is 30.5. The van der Waals surface area contributed by atoms with Crippen LogP contribution in [0.25, 0.3) is 0 Å². The highest BCUT2D eigenvalue weighted by Crippen LogP contribution is 2.42. The zero-order chi connectivity index (χ0) is 8.43. The fraction of sp³-hybridized carbons (Fsp3) is 1.00. The van der Waals surface area contributed by atoms with Crippen molar-refractivity contribution in [2.24, 2.45) is 0 Å². The molecule has 2 atom stereocenters. The van der Waals surface area contributed by atoms with Gasteiger partial charge >= 0.3 is 14.2 Å². The lowest BCUT2D eigenvalue weighted by molar-refractivity contribution is 0.354. The van der Waals surface area contributed by atoms with E-state index in [-0.39, 0.29) is 11.6 Å². The smallest absolute Gasteiger partial charge is 0.427 e. The van der Waals surface area contributed by atoms with E-state index in [1.807, 2.05) is 0 Å². The highest BCUT2D eigenvalue weighted by Gasteiger charge is 2.41. The first-order valence-corrected chi connectivity index (χ1v) is 3.85. The summed E-state index contributed by atoms with van der Waals surface area (Å²) in [4.78, 5) is 0. The van der Waals surface area contributed by atoms with Crippen LogP contribution in [-0.4, -0.2) is 34.3 Å². The summed E-state index contributed by atoms with van der Waals surface area (Å²) in [5.74, 6) is -0.731. The Labute approximate surface area is 66.2 Å². The molecule has 0 saturated heterocycles. The summed E-state index contributed by atoms with van der Waals surface area (Å²) < 4.78 is 0. The topological polar surface area (TPSA) is 80.9 Å². The van der Waals surface area contributed by atoms with Gasteiger partial charge in [0.1, 0.15) is 0 Å². The minimum atomic E-state index is -1.41. The zero-order valence-corrected chi connectivity index (χ0v) is 6.22. The van der Waals surface area contributed by atoms with E-state index >= 15 is 0 Å². The summed E-state index contributed by atoms with van der Waals surface area (Å²) in [6, 6.07) is 0.